The van der Waals surface area contributed by atoms with Gasteiger partial charge in [-0.25, -0.2) is 4.39 Å². The molecular weight excluding hydrogens is 217 g/mol. The van der Waals surface area contributed by atoms with Gasteiger partial charge in [0, 0.05) is 6.54 Å². The Kier molecular flexibility index (Phi) is 6.33. The summed E-state index contributed by atoms with van der Waals surface area (Å²) in [5.74, 6) is 0.0101. The van der Waals surface area contributed by atoms with Crippen molar-refractivity contribution in [3.05, 3.63) is 42.2 Å². The van der Waals surface area contributed by atoms with Crippen molar-refractivity contribution in [2.45, 2.75) is 26.3 Å². The lowest BCUT2D eigenvalue weighted by atomic mass is 10.2. The molecule has 0 fully saturated rings. The highest BCUT2D eigenvalue weighted by Gasteiger charge is 2.04. The molecule has 3 heteroatoms. The molecule has 2 nitrogen and oxygen atoms in total. The van der Waals surface area contributed by atoms with Crippen LogP contribution in [-0.4, -0.2) is 13.2 Å². The van der Waals surface area contributed by atoms with Crippen molar-refractivity contribution in [3.63, 3.8) is 0 Å². The fourth-order valence-electron chi connectivity index (χ4n) is 1.43. The molecule has 0 heterocycles. The average Bonchev–Trinajstić information content (AvgIpc) is 2.32. The van der Waals surface area contributed by atoms with Crippen LogP contribution in [0.3, 0.4) is 0 Å². The van der Waals surface area contributed by atoms with Gasteiger partial charge in [-0.1, -0.05) is 19.1 Å². The van der Waals surface area contributed by atoms with Gasteiger partial charge in [-0.3, -0.25) is 0 Å². The zero-order chi connectivity index (χ0) is 12.5. The van der Waals surface area contributed by atoms with Gasteiger partial charge < -0.3 is 10.1 Å². The summed E-state index contributed by atoms with van der Waals surface area (Å²) in [6.45, 7) is 7.79. The number of benzene rings is 1. The van der Waals surface area contributed by atoms with Crippen LogP contribution in [0, 0.1) is 5.82 Å². The van der Waals surface area contributed by atoms with Crippen LogP contribution in [0.5, 0.6) is 5.75 Å². The molecule has 0 atom stereocenters. The van der Waals surface area contributed by atoms with Crippen molar-refractivity contribution in [3.8, 4) is 5.75 Å². The third-order valence-corrected chi connectivity index (χ3v) is 2.33. The summed E-state index contributed by atoms with van der Waals surface area (Å²) in [6, 6.07) is 5.09. The second-order valence-electron chi connectivity index (χ2n) is 3.87. The number of hydrogen-bond acceptors (Lipinski definition) is 2. The van der Waals surface area contributed by atoms with Gasteiger partial charge in [-0.2, -0.15) is 0 Å². The summed E-state index contributed by atoms with van der Waals surface area (Å²) in [4.78, 5) is 0. The summed E-state index contributed by atoms with van der Waals surface area (Å²) in [5.41, 5.74) is 0.937. The van der Waals surface area contributed by atoms with Crippen LogP contribution >= 0.6 is 0 Å². The summed E-state index contributed by atoms with van der Waals surface area (Å²) in [7, 11) is 0. The van der Waals surface area contributed by atoms with Crippen LogP contribution in [0.1, 0.15) is 25.3 Å². The highest BCUT2D eigenvalue weighted by molar-refractivity contribution is 5.29. The fraction of sp³-hybridized carbons (Fsp3) is 0.429. The SMILES string of the molecule is C=CCCOc1ccc(CNCCC)cc1F. The zero-order valence-electron chi connectivity index (χ0n) is 10.3. The van der Waals surface area contributed by atoms with Gasteiger partial charge in [0.25, 0.3) is 0 Å². The van der Waals surface area contributed by atoms with Crippen LogP contribution in [-0.2, 0) is 6.54 Å². The smallest absolute Gasteiger partial charge is 0.165 e. The molecule has 0 aliphatic rings. The first-order chi connectivity index (χ1) is 8.27. The highest BCUT2D eigenvalue weighted by Crippen LogP contribution is 2.18. The first-order valence-corrected chi connectivity index (χ1v) is 6.00. The van der Waals surface area contributed by atoms with E-state index in [4.69, 9.17) is 4.74 Å². The Bertz CT molecular complexity index is 352. The molecule has 94 valence electrons. The van der Waals surface area contributed by atoms with Gasteiger partial charge >= 0.3 is 0 Å². The Balaban J connectivity index is 2.50. The van der Waals surface area contributed by atoms with E-state index < -0.39 is 0 Å². The quantitative estimate of drug-likeness (QED) is 0.553. The van der Waals surface area contributed by atoms with E-state index in [9.17, 15) is 4.39 Å². The van der Waals surface area contributed by atoms with Crippen LogP contribution in [0.15, 0.2) is 30.9 Å². The van der Waals surface area contributed by atoms with Crippen molar-refractivity contribution >= 4 is 0 Å². The van der Waals surface area contributed by atoms with Crippen molar-refractivity contribution < 1.29 is 9.13 Å². The van der Waals surface area contributed by atoms with E-state index in [1.54, 1.807) is 12.1 Å². The molecule has 0 unspecified atom stereocenters. The third kappa shape index (κ3) is 5.00. The van der Waals surface area contributed by atoms with Gasteiger partial charge in [-0.05, 0) is 37.1 Å². The van der Waals surface area contributed by atoms with Crippen LogP contribution < -0.4 is 10.1 Å². The normalized spacial score (nSPS) is 10.2. The van der Waals surface area contributed by atoms with E-state index in [0.29, 0.717) is 18.9 Å². The molecule has 0 saturated heterocycles. The number of halogens is 1. The number of hydrogen-bond donors (Lipinski definition) is 1. The van der Waals surface area contributed by atoms with Crippen LogP contribution in [0.25, 0.3) is 0 Å². The molecule has 1 aromatic rings. The maximum absolute atomic E-state index is 13.6. The van der Waals surface area contributed by atoms with Crippen molar-refractivity contribution in [2.75, 3.05) is 13.2 Å². The minimum atomic E-state index is -0.301. The summed E-state index contributed by atoms with van der Waals surface area (Å²) >= 11 is 0. The predicted octanol–water partition coefficient (Wildman–Crippen LogP) is 3.28. The van der Waals surface area contributed by atoms with Gasteiger partial charge in [0.2, 0.25) is 0 Å². The van der Waals surface area contributed by atoms with Gasteiger partial charge in [0.15, 0.2) is 11.6 Å². The Morgan fingerprint density at radius 2 is 2.29 bits per heavy atom. The summed E-state index contributed by atoms with van der Waals surface area (Å²) in [6.07, 6.45) is 3.55. The van der Waals surface area contributed by atoms with Crippen molar-refractivity contribution in [2.24, 2.45) is 0 Å². The maximum atomic E-state index is 13.6. The molecule has 0 saturated carbocycles. The van der Waals surface area contributed by atoms with Crippen molar-refractivity contribution in [1.82, 2.24) is 5.32 Å². The van der Waals surface area contributed by atoms with E-state index in [0.717, 1.165) is 24.9 Å². The Morgan fingerprint density at radius 3 is 2.94 bits per heavy atom. The molecule has 0 radical (unpaired) electrons. The molecular formula is C14H20FNO. The van der Waals surface area contributed by atoms with E-state index >= 15 is 0 Å². The molecule has 17 heavy (non-hydrogen) atoms. The topological polar surface area (TPSA) is 21.3 Å². The first-order valence-electron chi connectivity index (χ1n) is 6.00. The van der Waals surface area contributed by atoms with Gasteiger partial charge in [0.1, 0.15) is 0 Å². The average molecular weight is 237 g/mol. The monoisotopic (exact) mass is 237 g/mol. The number of ether oxygens (including phenoxy) is 1. The zero-order valence-corrected chi connectivity index (χ0v) is 10.3. The molecule has 0 aliphatic carbocycles. The molecule has 1 rings (SSSR count). The predicted molar refractivity (Wildman–Crippen MR) is 68.7 cm³/mol. The third-order valence-electron chi connectivity index (χ3n) is 2.33. The van der Waals surface area contributed by atoms with E-state index in [1.165, 1.54) is 6.07 Å². The van der Waals surface area contributed by atoms with E-state index in [2.05, 4.69) is 18.8 Å². The standard InChI is InChI=1S/C14H20FNO/c1-3-5-9-17-14-7-6-12(10-13(14)15)11-16-8-4-2/h3,6-7,10,16H,1,4-5,8-9,11H2,2H3. The minimum absolute atomic E-state index is 0.301. The van der Waals surface area contributed by atoms with Crippen LogP contribution in [0.2, 0.25) is 0 Å². The maximum Gasteiger partial charge on any atom is 0.165 e. The van der Waals surface area contributed by atoms with Crippen LogP contribution in [0.4, 0.5) is 4.39 Å². The largest absolute Gasteiger partial charge is 0.490 e. The Labute approximate surface area is 102 Å². The molecule has 0 aliphatic heterocycles. The Hall–Kier alpha value is -1.35. The lowest BCUT2D eigenvalue weighted by molar-refractivity contribution is 0.308. The van der Waals surface area contributed by atoms with Gasteiger partial charge in [0.05, 0.1) is 6.61 Å². The summed E-state index contributed by atoms with van der Waals surface area (Å²) in [5, 5.41) is 3.23. The van der Waals surface area contributed by atoms with Crippen molar-refractivity contribution in [1.29, 1.82) is 0 Å². The lowest BCUT2D eigenvalue weighted by Gasteiger charge is -2.08. The summed E-state index contributed by atoms with van der Waals surface area (Å²) < 4.78 is 18.9. The Morgan fingerprint density at radius 1 is 1.47 bits per heavy atom. The first kappa shape index (κ1) is 13.7. The minimum Gasteiger partial charge on any atom is -0.490 e. The second-order valence-corrected chi connectivity index (χ2v) is 3.87. The highest BCUT2D eigenvalue weighted by atomic mass is 19.1. The molecule has 0 spiro atoms. The number of rotatable bonds is 8. The molecule has 1 N–H and O–H groups in total. The second kappa shape index (κ2) is 7.85. The van der Waals surface area contributed by atoms with E-state index in [1.807, 2.05) is 6.07 Å². The molecule has 0 aromatic heterocycles. The molecule has 0 bridgehead atoms. The van der Waals surface area contributed by atoms with Gasteiger partial charge in [-0.15, -0.1) is 6.58 Å². The molecule has 1 aromatic carbocycles. The van der Waals surface area contributed by atoms with E-state index in [-0.39, 0.29) is 5.82 Å². The number of nitrogens with one attached hydrogen (secondary N) is 1. The lowest BCUT2D eigenvalue weighted by Crippen LogP contribution is -2.13. The molecule has 0 amide bonds. The fourth-order valence-corrected chi connectivity index (χ4v) is 1.43.